The van der Waals surface area contributed by atoms with Gasteiger partial charge in [-0.3, -0.25) is 4.79 Å². The van der Waals surface area contributed by atoms with E-state index in [4.69, 9.17) is 16.6 Å². The molecule has 0 aliphatic heterocycles. The Bertz CT molecular complexity index is 1000. The lowest BCUT2D eigenvalue weighted by Gasteiger charge is -2.10. The number of hydrogen-bond acceptors (Lipinski definition) is 3. The van der Waals surface area contributed by atoms with Crippen molar-refractivity contribution in [2.45, 2.75) is 6.18 Å². The molecule has 0 aliphatic carbocycles. The first-order valence-electron chi connectivity index (χ1n) is 6.31. The van der Waals surface area contributed by atoms with E-state index >= 15 is 0 Å². The Morgan fingerprint density at radius 1 is 1.04 bits per heavy atom. The number of halogens is 4. The number of benzene rings is 2. The van der Waals surface area contributed by atoms with Crippen LogP contribution >= 0.6 is 12.2 Å². The molecule has 118 valence electrons. The molecule has 0 fully saturated rings. The predicted octanol–water partition coefficient (Wildman–Crippen LogP) is 4.47. The molecule has 3 nitrogen and oxygen atoms in total. The Balaban J connectivity index is 2.27. The van der Waals surface area contributed by atoms with Crippen LogP contribution in [0.2, 0.25) is 0 Å². The molecule has 0 unspecified atom stereocenters. The first-order valence-corrected chi connectivity index (χ1v) is 6.72. The van der Waals surface area contributed by atoms with Crippen molar-refractivity contribution in [3.05, 3.63) is 69.0 Å². The number of alkyl halides is 3. The molecule has 0 spiro atoms. The van der Waals surface area contributed by atoms with E-state index < -0.39 is 23.1 Å². The maximum Gasteiger partial charge on any atom is 0.416 e. The first-order chi connectivity index (χ1) is 10.8. The summed E-state index contributed by atoms with van der Waals surface area (Å²) in [5, 5.41) is -0.319. The van der Waals surface area contributed by atoms with E-state index in [-0.39, 0.29) is 21.5 Å². The van der Waals surface area contributed by atoms with Gasteiger partial charge in [0.15, 0.2) is 0 Å². The minimum Gasteiger partial charge on any atom is -0.430 e. The highest BCUT2D eigenvalue weighted by molar-refractivity contribution is 7.71. The number of rotatable bonds is 1. The Morgan fingerprint density at radius 3 is 2.30 bits per heavy atom. The molecule has 0 saturated heterocycles. The Kier molecular flexibility index (Phi) is 3.56. The Hall–Kier alpha value is -2.48. The van der Waals surface area contributed by atoms with E-state index in [0.717, 1.165) is 34.9 Å². The molecule has 1 aromatic heterocycles. The van der Waals surface area contributed by atoms with Crippen molar-refractivity contribution in [3.63, 3.8) is 0 Å². The second kappa shape index (κ2) is 5.31. The van der Waals surface area contributed by atoms with Gasteiger partial charge in [0.2, 0.25) is 0 Å². The minimum absolute atomic E-state index is 0.0249. The summed E-state index contributed by atoms with van der Waals surface area (Å²) in [7, 11) is 0. The zero-order valence-electron chi connectivity index (χ0n) is 11.2. The van der Waals surface area contributed by atoms with Gasteiger partial charge >= 0.3 is 6.18 Å². The van der Waals surface area contributed by atoms with Crippen LogP contribution in [-0.4, -0.2) is 4.57 Å². The van der Waals surface area contributed by atoms with Gasteiger partial charge in [0.1, 0.15) is 16.8 Å². The summed E-state index contributed by atoms with van der Waals surface area (Å²) in [5.74, 6) is -0.799. The Morgan fingerprint density at radius 2 is 1.70 bits per heavy atom. The molecular formula is C15H7F4NO2S. The monoisotopic (exact) mass is 341 g/mol. The molecule has 0 N–H and O–H groups in total. The van der Waals surface area contributed by atoms with Crippen LogP contribution in [0, 0.1) is 10.7 Å². The van der Waals surface area contributed by atoms with Crippen LogP contribution in [0.4, 0.5) is 17.6 Å². The summed E-state index contributed by atoms with van der Waals surface area (Å²) < 4.78 is 57.7. The normalized spacial score (nSPS) is 11.8. The van der Waals surface area contributed by atoms with Gasteiger partial charge in [-0.15, -0.1) is 0 Å². The van der Waals surface area contributed by atoms with E-state index in [0.29, 0.717) is 0 Å². The summed E-state index contributed by atoms with van der Waals surface area (Å²) in [6.07, 6.45) is -4.50. The van der Waals surface area contributed by atoms with Crippen molar-refractivity contribution in [2.24, 2.45) is 0 Å². The molecule has 1 heterocycles. The molecule has 0 bridgehead atoms. The molecule has 3 aromatic rings. The average Bonchev–Trinajstić information content (AvgIpc) is 2.46. The van der Waals surface area contributed by atoms with Gasteiger partial charge < -0.3 is 4.42 Å². The van der Waals surface area contributed by atoms with Crippen LogP contribution < -0.4 is 5.56 Å². The van der Waals surface area contributed by atoms with Crippen molar-refractivity contribution in [2.75, 3.05) is 0 Å². The van der Waals surface area contributed by atoms with Gasteiger partial charge in [-0.1, -0.05) is 6.07 Å². The van der Waals surface area contributed by atoms with Crippen LogP contribution in [0.5, 0.6) is 0 Å². The fraction of sp³-hybridized carbons (Fsp3) is 0.0667. The third-order valence-electron chi connectivity index (χ3n) is 3.23. The number of fused-ring (bicyclic) bond motifs is 1. The standard InChI is InChI=1S/C15H7F4NO2S/c16-10-2-1-3-11-12(10)13(21)20(14(23)22-11)9-6-4-8(5-7-9)15(17,18)19/h1-7H. The van der Waals surface area contributed by atoms with Gasteiger partial charge in [-0.25, -0.2) is 8.96 Å². The third kappa shape index (κ3) is 2.65. The van der Waals surface area contributed by atoms with Crippen molar-refractivity contribution in [1.29, 1.82) is 0 Å². The largest absolute Gasteiger partial charge is 0.430 e. The highest BCUT2D eigenvalue weighted by atomic mass is 32.1. The molecule has 0 atom stereocenters. The van der Waals surface area contributed by atoms with Gasteiger partial charge in [-0.2, -0.15) is 13.2 Å². The summed E-state index contributed by atoms with van der Waals surface area (Å²) >= 11 is 4.95. The summed E-state index contributed by atoms with van der Waals surface area (Å²) in [5.41, 5.74) is -1.64. The van der Waals surface area contributed by atoms with Gasteiger partial charge in [0.05, 0.1) is 11.3 Å². The van der Waals surface area contributed by atoms with Gasteiger partial charge in [0.25, 0.3) is 10.4 Å². The number of hydrogen-bond donors (Lipinski definition) is 0. The molecule has 23 heavy (non-hydrogen) atoms. The number of nitrogens with zero attached hydrogens (tertiary/aromatic N) is 1. The zero-order valence-corrected chi connectivity index (χ0v) is 12.0. The maximum absolute atomic E-state index is 13.8. The van der Waals surface area contributed by atoms with E-state index in [1.807, 2.05) is 0 Å². The van der Waals surface area contributed by atoms with Gasteiger partial charge in [-0.05, 0) is 48.6 Å². The molecule has 0 saturated carbocycles. The lowest BCUT2D eigenvalue weighted by molar-refractivity contribution is -0.137. The number of aromatic nitrogens is 1. The molecule has 0 aliphatic rings. The smallest absolute Gasteiger partial charge is 0.416 e. The lowest BCUT2D eigenvalue weighted by Crippen LogP contribution is -2.20. The van der Waals surface area contributed by atoms with Crippen molar-refractivity contribution in [1.82, 2.24) is 4.57 Å². The first kappa shape index (κ1) is 15.4. The van der Waals surface area contributed by atoms with Crippen LogP contribution in [0.25, 0.3) is 16.7 Å². The highest BCUT2D eigenvalue weighted by Gasteiger charge is 2.30. The highest BCUT2D eigenvalue weighted by Crippen LogP contribution is 2.29. The predicted molar refractivity (Wildman–Crippen MR) is 77.6 cm³/mol. The van der Waals surface area contributed by atoms with Crippen LogP contribution in [-0.2, 0) is 6.18 Å². The topological polar surface area (TPSA) is 35.1 Å². The molecule has 0 amide bonds. The van der Waals surface area contributed by atoms with Crippen LogP contribution in [0.1, 0.15) is 5.56 Å². The summed E-state index contributed by atoms with van der Waals surface area (Å²) in [6.45, 7) is 0. The van der Waals surface area contributed by atoms with E-state index in [2.05, 4.69) is 0 Å². The quantitative estimate of drug-likeness (QED) is 0.484. The zero-order chi connectivity index (χ0) is 16.8. The summed E-state index contributed by atoms with van der Waals surface area (Å²) in [6, 6.07) is 7.58. The molecule has 2 aromatic carbocycles. The summed E-state index contributed by atoms with van der Waals surface area (Å²) in [4.78, 5) is 12.1. The third-order valence-corrected chi connectivity index (χ3v) is 3.49. The molecular weight excluding hydrogens is 334 g/mol. The SMILES string of the molecule is O=c1c2c(F)cccc2oc(=S)n1-c1ccc(C(F)(F)F)cc1. The van der Waals surface area contributed by atoms with Gasteiger partial charge in [0, 0.05) is 0 Å². The molecule has 0 radical (unpaired) electrons. The van der Waals surface area contributed by atoms with Crippen molar-refractivity contribution in [3.8, 4) is 5.69 Å². The van der Waals surface area contributed by atoms with Crippen molar-refractivity contribution < 1.29 is 22.0 Å². The van der Waals surface area contributed by atoms with E-state index in [1.54, 1.807) is 0 Å². The second-order valence-electron chi connectivity index (χ2n) is 4.67. The average molecular weight is 341 g/mol. The minimum atomic E-state index is -4.50. The van der Waals surface area contributed by atoms with Crippen LogP contribution in [0.3, 0.4) is 0 Å². The second-order valence-corrected chi connectivity index (χ2v) is 5.02. The fourth-order valence-electron chi connectivity index (χ4n) is 2.15. The van der Waals surface area contributed by atoms with E-state index in [9.17, 15) is 22.4 Å². The van der Waals surface area contributed by atoms with E-state index in [1.165, 1.54) is 12.1 Å². The maximum atomic E-state index is 13.8. The molecule has 3 rings (SSSR count). The molecule has 8 heteroatoms. The Labute approximate surface area is 131 Å². The van der Waals surface area contributed by atoms with Crippen molar-refractivity contribution >= 4 is 23.2 Å². The van der Waals surface area contributed by atoms with Crippen LogP contribution in [0.15, 0.2) is 51.7 Å². The lowest BCUT2D eigenvalue weighted by atomic mass is 10.2. The fourth-order valence-corrected chi connectivity index (χ4v) is 2.43.